The lowest BCUT2D eigenvalue weighted by atomic mass is 10.1. The highest BCUT2D eigenvalue weighted by molar-refractivity contribution is 8.04. The molecule has 186 valence electrons. The number of nitrogens with one attached hydrogen (secondary N) is 1. The molecule has 0 spiro atoms. The molecule has 2 amide bonds. The van der Waals surface area contributed by atoms with Gasteiger partial charge in [-0.1, -0.05) is 66.4 Å². The standard InChI is InChI=1S/C28H25F3N2O2S/c1-19(11-12-20-7-3-2-4-8-20)32-26(34)18-33-23-9-5-6-10-24(23)36-25(27(33)35)17-21-13-15-22(16-14-21)28(29,30)31/h2-10,13-17,19H,11-12,18H2,1H3,(H,32,34)/b25-17-/t19-/m1/s1. The Morgan fingerprint density at radius 2 is 1.67 bits per heavy atom. The number of nitrogens with zero attached hydrogens (tertiary/aromatic N) is 1. The zero-order valence-corrected chi connectivity index (χ0v) is 20.4. The summed E-state index contributed by atoms with van der Waals surface area (Å²) in [5.74, 6) is -0.648. The number of fused-ring (bicyclic) bond motifs is 1. The molecule has 0 saturated heterocycles. The van der Waals surface area contributed by atoms with E-state index in [1.54, 1.807) is 18.2 Å². The zero-order valence-electron chi connectivity index (χ0n) is 19.6. The first-order valence-electron chi connectivity index (χ1n) is 11.5. The number of hydrogen-bond donors (Lipinski definition) is 1. The van der Waals surface area contributed by atoms with Gasteiger partial charge in [-0.2, -0.15) is 13.2 Å². The van der Waals surface area contributed by atoms with Crippen LogP contribution in [0.25, 0.3) is 6.08 Å². The number of anilines is 1. The molecule has 0 saturated carbocycles. The van der Waals surface area contributed by atoms with Gasteiger partial charge < -0.3 is 5.32 Å². The van der Waals surface area contributed by atoms with Gasteiger partial charge in [0.2, 0.25) is 5.91 Å². The van der Waals surface area contributed by atoms with Crippen LogP contribution >= 0.6 is 11.8 Å². The molecule has 3 aromatic carbocycles. The average Bonchev–Trinajstić information content (AvgIpc) is 2.85. The number of hydrogen-bond acceptors (Lipinski definition) is 3. The highest BCUT2D eigenvalue weighted by Crippen LogP contribution is 2.42. The molecule has 1 N–H and O–H groups in total. The van der Waals surface area contributed by atoms with E-state index < -0.39 is 11.7 Å². The van der Waals surface area contributed by atoms with Crippen LogP contribution in [0.4, 0.5) is 18.9 Å². The van der Waals surface area contributed by atoms with Crippen LogP contribution in [0.2, 0.25) is 0 Å². The van der Waals surface area contributed by atoms with Crippen LogP contribution < -0.4 is 10.2 Å². The Labute approximate surface area is 212 Å². The van der Waals surface area contributed by atoms with Crippen molar-refractivity contribution in [3.8, 4) is 0 Å². The second-order valence-electron chi connectivity index (χ2n) is 8.58. The molecule has 8 heteroatoms. The van der Waals surface area contributed by atoms with Gasteiger partial charge in [-0.05, 0) is 61.2 Å². The third-order valence-electron chi connectivity index (χ3n) is 5.79. The van der Waals surface area contributed by atoms with E-state index in [0.29, 0.717) is 16.2 Å². The van der Waals surface area contributed by atoms with Gasteiger partial charge in [-0.3, -0.25) is 14.5 Å². The first-order valence-corrected chi connectivity index (χ1v) is 12.3. The number of amides is 2. The number of alkyl halides is 3. The number of benzene rings is 3. The maximum absolute atomic E-state index is 13.3. The fourth-order valence-corrected chi connectivity index (χ4v) is 4.96. The van der Waals surface area contributed by atoms with Gasteiger partial charge in [-0.15, -0.1) is 0 Å². The third kappa shape index (κ3) is 6.37. The van der Waals surface area contributed by atoms with Crippen molar-refractivity contribution in [2.75, 3.05) is 11.4 Å². The third-order valence-corrected chi connectivity index (χ3v) is 6.86. The second-order valence-corrected chi connectivity index (χ2v) is 9.67. The van der Waals surface area contributed by atoms with Crippen molar-refractivity contribution in [3.05, 3.63) is 100 Å². The van der Waals surface area contributed by atoms with E-state index in [-0.39, 0.29) is 24.4 Å². The minimum absolute atomic E-state index is 0.0793. The molecule has 3 aromatic rings. The molecule has 0 aliphatic carbocycles. The molecule has 36 heavy (non-hydrogen) atoms. The number of aryl methyl sites for hydroxylation is 1. The van der Waals surface area contributed by atoms with Crippen molar-refractivity contribution in [1.29, 1.82) is 0 Å². The molecular formula is C28H25F3N2O2S. The van der Waals surface area contributed by atoms with Crippen molar-refractivity contribution < 1.29 is 22.8 Å². The Hall–Kier alpha value is -3.52. The largest absolute Gasteiger partial charge is 0.416 e. The fourth-order valence-electron chi connectivity index (χ4n) is 3.90. The van der Waals surface area contributed by atoms with Crippen LogP contribution in [0.15, 0.2) is 88.7 Å². The number of para-hydroxylation sites is 1. The first-order chi connectivity index (χ1) is 17.2. The van der Waals surface area contributed by atoms with Gasteiger partial charge in [0.05, 0.1) is 16.2 Å². The van der Waals surface area contributed by atoms with E-state index in [2.05, 4.69) is 5.32 Å². The summed E-state index contributed by atoms with van der Waals surface area (Å²) in [6.07, 6.45) is -1.29. The van der Waals surface area contributed by atoms with Crippen LogP contribution in [0, 0.1) is 0 Å². The topological polar surface area (TPSA) is 49.4 Å². The van der Waals surface area contributed by atoms with Crippen molar-refractivity contribution in [2.24, 2.45) is 0 Å². The predicted octanol–water partition coefficient (Wildman–Crippen LogP) is 6.32. The summed E-state index contributed by atoms with van der Waals surface area (Å²) in [5, 5.41) is 2.97. The Bertz CT molecular complexity index is 1260. The molecule has 0 unspecified atom stereocenters. The van der Waals surface area contributed by atoms with Gasteiger partial charge >= 0.3 is 6.18 Å². The van der Waals surface area contributed by atoms with Gasteiger partial charge in [0.1, 0.15) is 6.54 Å². The van der Waals surface area contributed by atoms with E-state index in [4.69, 9.17) is 0 Å². The normalized spacial score (nSPS) is 15.5. The molecule has 1 aliphatic rings. The number of halogens is 3. The maximum Gasteiger partial charge on any atom is 0.416 e. The van der Waals surface area contributed by atoms with E-state index in [1.165, 1.54) is 34.4 Å². The van der Waals surface area contributed by atoms with Crippen LogP contribution in [0.1, 0.15) is 30.0 Å². The molecular weight excluding hydrogens is 485 g/mol. The Balaban J connectivity index is 1.47. The quantitative estimate of drug-likeness (QED) is 0.378. The highest BCUT2D eigenvalue weighted by Gasteiger charge is 2.32. The minimum Gasteiger partial charge on any atom is -0.352 e. The summed E-state index contributed by atoms with van der Waals surface area (Å²) in [5.41, 5.74) is 1.53. The van der Waals surface area contributed by atoms with E-state index in [0.717, 1.165) is 29.9 Å². The van der Waals surface area contributed by atoms with Crippen LogP contribution in [-0.2, 0) is 22.2 Å². The zero-order chi connectivity index (χ0) is 25.7. The number of rotatable bonds is 7. The molecule has 0 fully saturated rings. The molecule has 4 nitrogen and oxygen atoms in total. The van der Waals surface area contributed by atoms with Crippen LogP contribution in [0.5, 0.6) is 0 Å². The lowest BCUT2D eigenvalue weighted by Crippen LogP contribution is -2.45. The summed E-state index contributed by atoms with van der Waals surface area (Å²) in [4.78, 5) is 28.7. The van der Waals surface area contributed by atoms with Crippen molar-refractivity contribution >= 4 is 35.3 Å². The lowest BCUT2D eigenvalue weighted by molar-refractivity contribution is -0.137. The minimum atomic E-state index is -4.43. The van der Waals surface area contributed by atoms with E-state index in [9.17, 15) is 22.8 Å². The summed E-state index contributed by atoms with van der Waals surface area (Å²) in [7, 11) is 0. The number of carbonyl (C=O) groups excluding carboxylic acids is 2. The summed E-state index contributed by atoms with van der Waals surface area (Å²) >= 11 is 1.24. The van der Waals surface area contributed by atoms with Gasteiger partial charge in [-0.25, -0.2) is 0 Å². The molecule has 4 rings (SSSR count). The van der Waals surface area contributed by atoms with Crippen molar-refractivity contribution in [1.82, 2.24) is 5.32 Å². The van der Waals surface area contributed by atoms with Crippen molar-refractivity contribution in [2.45, 2.75) is 36.9 Å². The number of carbonyl (C=O) groups is 2. The van der Waals surface area contributed by atoms with Crippen LogP contribution in [-0.4, -0.2) is 24.4 Å². The molecule has 1 atom stereocenters. The predicted molar refractivity (Wildman–Crippen MR) is 136 cm³/mol. The summed E-state index contributed by atoms with van der Waals surface area (Å²) in [6.45, 7) is 1.77. The Morgan fingerprint density at radius 1 is 1.00 bits per heavy atom. The maximum atomic E-state index is 13.3. The van der Waals surface area contributed by atoms with E-state index in [1.807, 2.05) is 49.4 Å². The second kappa shape index (κ2) is 11.0. The molecule has 0 bridgehead atoms. The summed E-state index contributed by atoms with van der Waals surface area (Å²) < 4.78 is 38.7. The highest BCUT2D eigenvalue weighted by atomic mass is 32.2. The SMILES string of the molecule is C[C@H](CCc1ccccc1)NC(=O)CN1C(=O)/C(=C/c2ccc(C(F)(F)F)cc2)Sc2ccccc21. The van der Waals surface area contributed by atoms with E-state index >= 15 is 0 Å². The van der Waals surface area contributed by atoms with Gasteiger partial charge in [0.15, 0.2) is 0 Å². The smallest absolute Gasteiger partial charge is 0.352 e. The Kier molecular flexibility index (Phi) is 7.84. The lowest BCUT2D eigenvalue weighted by Gasteiger charge is -2.30. The number of thioether (sulfide) groups is 1. The summed E-state index contributed by atoms with van der Waals surface area (Å²) in [6, 6.07) is 21.8. The Morgan fingerprint density at radius 3 is 2.36 bits per heavy atom. The van der Waals surface area contributed by atoms with Crippen molar-refractivity contribution in [3.63, 3.8) is 0 Å². The molecule has 0 aromatic heterocycles. The van der Waals surface area contributed by atoms with Gasteiger partial charge in [0.25, 0.3) is 5.91 Å². The molecule has 1 aliphatic heterocycles. The first kappa shape index (κ1) is 25.6. The molecule has 0 radical (unpaired) electrons. The fraction of sp³-hybridized carbons (Fsp3) is 0.214. The molecule has 1 heterocycles. The average molecular weight is 511 g/mol. The van der Waals surface area contributed by atoms with Crippen LogP contribution in [0.3, 0.4) is 0 Å². The monoisotopic (exact) mass is 510 g/mol. The van der Waals surface area contributed by atoms with Gasteiger partial charge in [0, 0.05) is 10.9 Å².